The summed E-state index contributed by atoms with van der Waals surface area (Å²) in [5.74, 6) is 0.699. The summed E-state index contributed by atoms with van der Waals surface area (Å²) in [7, 11) is 0. The number of aliphatic imine (C=N–C) groups is 1. The zero-order valence-electron chi connectivity index (χ0n) is 17.4. The molecule has 2 aromatic heterocycles. The van der Waals surface area contributed by atoms with E-state index in [4.69, 9.17) is 19.9 Å². The van der Waals surface area contributed by atoms with Gasteiger partial charge in [0.15, 0.2) is 5.54 Å². The first-order valence-corrected chi connectivity index (χ1v) is 9.98. The number of nitrogens with zero attached hydrogens (tertiary/aromatic N) is 3. The molecule has 0 aliphatic carbocycles. The van der Waals surface area contributed by atoms with Crippen LogP contribution in [0.3, 0.4) is 0 Å². The quantitative estimate of drug-likeness (QED) is 0.617. The van der Waals surface area contributed by atoms with Crippen LogP contribution in [-0.4, -0.2) is 34.9 Å². The number of nitrogens with two attached hydrogens (primary N) is 1. The molecule has 2 aliphatic heterocycles. The largest absolute Gasteiger partial charge is 0.489 e. The Hall–Kier alpha value is -3.75. The van der Waals surface area contributed by atoms with Crippen LogP contribution >= 0.6 is 0 Å². The summed E-state index contributed by atoms with van der Waals surface area (Å²) in [6, 6.07) is 10.2. The van der Waals surface area contributed by atoms with Crippen LogP contribution in [0, 0.1) is 5.95 Å². The Kier molecular flexibility index (Phi) is 4.51. The SMILES string of the molecule is CC(C)(F)COc1cnc2c(c1)[C@]1(COC(N)=N1)c1cc(-c3ccc(F)nc3)ccc1O2. The lowest BCUT2D eigenvalue weighted by Crippen LogP contribution is -2.31. The van der Waals surface area contributed by atoms with Crippen LogP contribution < -0.4 is 15.2 Å². The second-order valence-electron chi connectivity index (χ2n) is 8.31. The number of rotatable bonds is 4. The number of pyridine rings is 2. The zero-order chi connectivity index (χ0) is 22.5. The first-order valence-electron chi connectivity index (χ1n) is 9.98. The van der Waals surface area contributed by atoms with Crippen LogP contribution in [0.25, 0.3) is 11.1 Å². The third-order valence-corrected chi connectivity index (χ3v) is 5.28. The average Bonchev–Trinajstić information content (AvgIpc) is 3.15. The Labute approximate surface area is 182 Å². The van der Waals surface area contributed by atoms with Crippen molar-refractivity contribution in [3.63, 3.8) is 0 Å². The normalized spacial score (nSPS) is 18.9. The lowest BCUT2D eigenvalue weighted by molar-refractivity contribution is 0.120. The van der Waals surface area contributed by atoms with Crippen LogP contribution in [0.1, 0.15) is 25.0 Å². The van der Waals surface area contributed by atoms with E-state index in [1.54, 1.807) is 18.2 Å². The average molecular weight is 438 g/mol. The van der Waals surface area contributed by atoms with Gasteiger partial charge in [0.05, 0.1) is 11.8 Å². The Morgan fingerprint density at radius 1 is 1.09 bits per heavy atom. The fourth-order valence-corrected chi connectivity index (χ4v) is 3.77. The summed E-state index contributed by atoms with van der Waals surface area (Å²) in [6.45, 7) is 2.86. The number of alkyl halides is 1. The van der Waals surface area contributed by atoms with E-state index in [9.17, 15) is 8.78 Å². The number of hydrogen-bond donors (Lipinski definition) is 1. The maximum Gasteiger partial charge on any atom is 0.283 e. The molecule has 0 saturated carbocycles. The standard InChI is InChI=1S/C23H20F2N4O3/c1-22(2,25)11-30-15-8-17-20(28-10-15)32-18-5-3-13(14-4-6-19(24)27-9-14)7-16(18)23(17)12-31-21(26)29-23/h3-10H,11-12H2,1-2H3,(H2,26,29)/t23-/m0/s1. The molecule has 5 rings (SSSR count). The number of benzene rings is 1. The van der Waals surface area contributed by atoms with E-state index >= 15 is 0 Å². The van der Waals surface area contributed by atoms with Gasteiger partial charge in [-0.05, 0) is 49.7 Å². The van der Waals surface area contributed by atoms with Crippen molar-refractivity contribution in [3.05, 3.63) is 65.9 Å². The highest BCUT2D eigenvalue weighted by atomic mass is 19.1. The van der Waals surface area contributed by atoms with Crippen molar-refractivity contribution >= 4 is 6.02 Å². The maximum atomic E-state index is 13.9. The highest BCUT2D eigenvalue weighted by molar-refractivity contribution is 5.77. The van der Waals surface area contributed by atoms with E-state index in [1.807, 2.05) is 12.1 Å². The summed E-state index contributed by atoms with van der Waals surface area (Å²) < 4.78 is 44.4. The predicted octanol–water partition coefficient (Wildman–Crippen LogP) is 4.10. The molecule has 0 bridgehead atoms. The van der Waals surface area contributed by atoms with Gasteiger partial charge in [0, 0.05) is 17.3 Å². The summed E-state index contributed by atoms with van der Waals surface area (Å²) in [5, 5.41) is 0. The minimum atomic E-state index is -1.51. The number of aromatic nitrogens is 2. The molecule has 0 amide bonds. The Bertz CT molecular complexity index is 1220. The van der Waals surface area contributed by atoms with Crippen molar-refractivity contribution < 1.29 is 23.0 Å². The molecule has 2 aliphatic rings. The van der Waals surface area contributed by atoms with E-state index < -0.39 is 17.2 Å². The molecular weight excluding hydrogens is 418 g/mol. The smallest absolute Gasteiger partial charge is 0.283 e. The van der Waals surface area contributed by atoms with Gasteiger partial charge in [-0.2, -0.15) is 4.39 Å². The minimum Gasteiger partial charge on any atom is -0.489 e. The van der Waals surface area contributed by atoms with Gasteiger partial charge in [-0.25, -0.2) is 19.4 Å². The summed E-state index contributed by atoms with van der Waals surface area (Å²) >= 11 is 0. The lowest BCUT2D eigenvalue weighted by atomic mass is 9.81. The van der Waals surface area contributed by atoms with Crippen molar-refractivity contribution in [3.8, 4) is 28.5 Å². The van der Waals surface area contributed by atoms with E-state index in [0.717, 1.165) is 11.1 Å². The number of hydrogen-bond acceptors (Lipinski definition) is 7. The van der Waals surface area contributed by atoms with Gasteiger partial charge in [-0.1, -0.05) is 6.07 Å². The molecule has 0 fully saturated rings. The number of ether oxygens (including phenoxy) is 3. The molecule has 32 heavy (non-hydrogen) atoms. The van der Waals surface area contributed by atoms with E-state index in [1.165, 1.54) is 32.3 Å². The summed E-state index contributed by atoms with van der Waals surface area (Å²) in [4.78, 5) is 12.7. The first-order chi connectivity index (χ1) is 15.2. The number of halogens is 2. The predicted molar refractivity (Wildman–Crippen MR) is 113 cm³/mol. The Morgan fingerprint density at radius 2 is 1.91 bits per heavy atom. The topological polar surface area (TPSA) is 91.9 Å². The molecule has 164 valence electrons. The van der Waals surface area contributed by atoms with E-state index in [0.29, 0.717) is 28.5 Å². The lowest BCUT2D eigenvalue weighted by Gasteiger charge is -2.33. The summed E-state index contributed by atoms with van der Waals surface area (Å²) in [5.41, 5.74) is 6.20. The second-order valence-corrected chi connectivity index (χ2v) is 8.31. The highest BCUT2D eigenvalue weighted by Gasteiger charge is 2.48. The van der Waals surface area contributed by atoms with Gasteiger partial charge in [-0.3, -0.25) is 0 Å². The zero-order valence-corrected chi connectivity index (χ0v) is 17.4. The Morgan fingerprint density at radius 3 is 2.59 bits per heavy atom. The van der Waals surface area contributed by atoms with Crippen molar-refractivity contribution in [2.75, 3.05) is 13.2 Å². The number of amidine groups is 1. The van der Waals surface area contributed by atoms with Gasteiger partial charge >= 0.3 is 0 Å². The van der Waals surface area contributed by atoms with Crippen molar-refractivity contribution in [2.45, 2.75) is 25.1 Å². The third kappa shape index (κ3) is 3.49. The van der Waals surface area contributed by atoms with Crippen LogP contribution in [0.5, 0.6) is 17.4 Å². The van der Waals surface area contributed by atoms with Crippen molar-refractivity contribution in [2.24, 2.45) is 10.7 Å². The molecule has 7 nitrogen and oxygen atoms in total. The molecule has 0 unspecified atom stereocenters. The molecule has 0 saturated heterocycles. The number of fused-ring (bicyclic) bond motifs is 4. The minimum absolute atomic E-state index is 0.0360. The van der Waals surface area contributed by atoms with Crippen LogP contribution in [0.4, 0.5) is 8.78 Å². The molecule has 1 atom stereocenters. The molecule has 0 radical (unpaired) electrons. The van der Waals surface area contributed by atoms with Gasteiger partial charge in [-0.15, -0.1) is 0 Å². The maximum absolute atomic E-state index is 13.9. The van der Waals surface area contributed by atoms with Gasteiger partial charge < -0.3 is 19.9 Å². The fraction of sp³-hybridized carbons (Fsp3) is 0.261. The summed E-state index contributed by atoms with van der Waals surface area (Å²) in [6.07, 6.45) is 2.93. The molecule has 1 spiro atoms. The molecular formula is C23H20F2N4O3. The van der Waals surface area contributed by atoms with Crippen LogP contribution in [0.15, 0.2) is 53.8 Å². The van der Waals surface area contributed by atoms with Crippen molar-refractivity contribution in [1.29, 1.82) is 0 Å². The van der Waals surface area contributed by atoms with E-state index in [2.05, 4.69) is 15.0 Å². The third-order valence-electron chi connectivity index (χ3n) is 5.28. The van der Waals surface area contributed by atoms with Crippen LogP contribution in [0.2, 0.25) is 0 Å². The van der Waals surface area contributed by atoms with Gasteiger partial charge in [0.25, 0.3) is 6.02 Å². The Balaban J connectivity index is 1.62. The molecule has 2 N–H and O–H groups in total. The van der Waals surface area contributed by atoms with Crippen molar-refractivity contribution in [1.82, 2.24) is 9.97 Å². The van der Waals surface area contributed by atoms with Gasteiger partial charge in [0.2, 0.25) is 11.8 Å². The first kappa shape index (κ1) is 20.2. The highest BCUT2D eigenvalue weighted by Crippen LogP contribution is 2.51. The molecule has 9 heteroatoms. The molecule has 1 aromatic carbocycles. The molecule has 3 aromatic rings. The monoisotopic (exact) mass is 438 g/mol. The van der Waals surface area contributed by atoms with Gasteiger partial charge in [0.1, 0.15) is 30.4 Å². The van der Waals surface area contributed by atoms with E-state index in [-0.39, 0.29) is 19.2 Å². The van der Waals surface area contributed by atoms with Crippen LogP contribution in [-0.2, 0) is 10.3 Å². The molecule has 4 heterocycles. The second kappa shape index (κ2) is 7.15. The fourth-order valence-electron chi connectivity index (χ4n) is 3.77.